The van der Waals surface area contributed by atoms with Crippen molar-refractivity contribution in [2.24, 2.45) is 5.84 Å². The number of hydrogen-bond donors (Lipinski definition) is 3. The molecule has 15 heavy (non-hydrogen) atoms. The topological polar surface area (TPSA) is 75.5 Å². The highest BCUT2D eigenvalue weighted by molar-refractivity contribution is 6.33. The highest BCUT2D eigenvalue weighted by Gasteiger charge is 2.32. The molecule has 1 aromatic carbocycles. The molecule has 0 aromatic heterocycles. The summed E-state index contributed by atoms with van der Waals surface area (Å²) in [7, 11) is 0. The first-order chi connectivity index (χ1) is 6.73. The molecule has 0 aliphatic rings. The van der Waals surface area contributed by atoms with Gasteiger partial charge in [0.05, 0.1) is 16.3 Å². The molecule has 0 radical (unpaired) electrons. The number of halogens is 4. The Bertz CT molecular complexity index is 380. The fourth-order valence-corrected chi connectivity index (χ4v) is 1.17. The summed E-state index contributed by atoms with van der Waals surface area (Å²) in [6, 6.07) is 1.26. The van der Waals surface area contributed by atoms with E-state index >= 15 is 0 Å². The smallest absolute Gasteiger partial charge is 0.396 e. The molecule has 8 heteroatoms. The molecule has 0 bridgehead atoms. The van der Waals surface area contributed by atoms with Gasteiger partial charge in [0.25, 0.3) is 0 Å². The van der Waals surface area contributed by atoms with Gasteiger partial charge in [0.15, 0.2) is 0 Å². The Morgan fingerprint density at radius 1 is 1.33 bits per heavy atom. The molecular formula is C7H7ClF3N3O. The molecule has 1 rings (SSSR count). The number of benzene rings is 1. The third kappa shape index (κ3) is 2.44. The first-order valence-electron chi connectivity index (χ1n) is 3.63. The van der Waals surface area contributed by atoms with Gasteiger partial charge < -0.3 is 5.73 Å². The average molecular weight is 242 g/mol. The van der Waals surface area contributed by atoms with E-state index in [9.17, 15) is 13.2 Å². The zero-order chi connectivity index (χ0) is 11.8. The standard InChI is InChI=1S/C7H7ClF3N3O/c8-4-1-3(7(9,10)11)2-5(6(4)12)14(13)15/h1-2,15H,12-13H2. The maximum absolute atomic E-state index is 12.3. The SMILES string of the molecule is Nc1c(Cl)cc(C(F)(F)F)cc1N(N)O. The van der Waals surface area contributed by atoms with Crippen LogP contribution in [0.5, 0.6) is 0 Å². The molecule has 84 valence electrons. The average Bonchev–Trinajstić information content (AvgIpc) is 2.06. The Morgan fingerprint density at radius 3 is 2.27 bits per heavy atom. The summed E-state index contributed by atoms with van der Waals surface area (Å²) in [6.45, 7) is 0. The monoisotopic (exact) mass is 241 g/mol. The lowest BCUT2D eigenvalue weighted by Crippen LogP contribution is -2.27. The van der Waals surface area contributed by atoms with Gasteiger partial charge in [-0.3, -0.25) is 5.21 Å². The minimum Gasteiger partial charge on any atom is -0.396 e. The molecule has 0 atom stereocenters. The van der Waals surface area contributed by atoms with E-state index in [1.807, 2.05) is 0 Å². The van der Waals surface area contributed by atoms with Crippen LogP contribution in [0.4, 0.5) is 24.5 Å². The van der Waals surface area contributed by atoms with Crippen molar-refractivity contribution in [2.45, 2.75) is 6.18 Å². The predicted molar refractivity (Wildman–Crippen MR) is 49.3 cm³/mol. The van der Waals surface area contributed by atoms with Crippen LogP contribution in [0, 0.1) is 0 Å². The lowest BCUT2D eigenvalue weighted by Gasteiger charge is -2.16. The van der Waals surface area contributed by atoms with Crippen LogP contribution in [-0.4, -0.2) is 5.21 Å². The van der Waals surface area contributed by atoms with Crippen LogP contribution in [0.25, 0.3) is 0 Å². The van der Waals surface area contributed by atoms with Gasteiger partial charge in [-0.15, -0.1) is 0 Å². The Morgan fingerprint density at radius 2 is 1.87 bits per heavy atom. The van der Waals surface area contributed by atoms with Crippen LogP contribution < -0.4 is 16.7 Å². The third-order valence-corrected chi connectivity index (χ3v) is 1.99. The van der Waals surface area contributed by atoms with Gasteiger partial charge in [0, 0.05) is 0 Å². The quantitative estimate of drug-likeness (QED) is 0.399. The van der Waals surface area contributed by atoms with Crippen LogP contribution in [0.2, 0.25) is 5.02 Å². The fourth-order valence-electron chi connectivity index (χ4n) is 0.957. The molecule has 0 amide bonds. The highest BCUT2D eigenvalue weighted by atomic mass is 35.5. The number of anilines is 2. The summed E-state index contributed by atoms with van der Waals surface area (Å²) >= 11 is 5.45. The van der Waals surface area contributed by atoms with E-state index in [0.717, 1.165) is 0 Å². The van der Waals surface area contributed by atoms with Gasteiger partial charge in [-0.1, -0.05) is 11.6 Å². The van der Waals surface area contributed by atoms with E-state index in [0.29, 0.717) is 12.1 Å². The van der Waals surface area contributed by atoms with Gasteiger partial charge in [-0.25, -0.2) is 5.84 Å². The summed E-state index contributed by atoms with van der Waals surface area (Å²) in [5, 5.41) is 8.48. The second-order valence-corrected chi connectivity index (χ2v) is 3.14. The van der Waals surface area contributed by atoms with Gasteiger partial charge in [0.1, 0.15) is 5.69 Å². The second-order valence-electron chi connectivity index (χ2n) is 2.73. The normalized spacial score (nSPS) is 11.6. The number of rotatable bonds is 1. The Balaban J connectivity index is 3.36. The molecule has 0 heterocycles. The van der Waals surface area contributed by atoms with E-state index in [1.165, 1.54) is 0 Å². The number of nitrogens with zero attached hydrogens (tertiary/aromatic N) is 1. The van der Waals surface area contributed by atoms with Crippen molar-refractivity contribution in [2.75, 3.05) is 10.9 Å². The summed E-state index contributed by atoms with van der Waals surface area (Å²) < 4.78 is 36.9. The molecule has 0 unspecified atom stereocenters. The fraction of sp³-hybridized carbons (Fsp3) is 0.143. The first-order valence-corrected chi connectivity index (χ1v) is 4.01. The van der Waals surface area contributed by atoms with Crippen LogP contribution in [0.1, 0.15) is 5.56 Å². The number of alkyl halides is 3. The third-order valence-electron chi connectivity index (χ3n) is 1.68. The summed E-state index contributed by atoms with van der Waals surface area (Å²) in [5.41, 5.74) is 3.64. The summed E-state index contributed by atoms with van der Waals surface area (Å²) in [4.78, 5) is 0. The largest absolute Gasteiger partial charge is 0.416 e. The van der Waals surface area contributed by atoms with Gasteiger partial charge in [-0.05, 0) is 12.1 Å². The molecule has 0 aliphatic heterocycles. The van der Waals surface area contributed by atoms with Crippen LogP contribution in [0.15, 0.2) is 12.1 Å². The zero-order valence-corrected chi connectivity index (χ0v) is 7.97. The van der Waals surface area contributed by atoms with Crippen molar-refractivity contribution in [3.05, 3.63) is 22.7 Å². The lowest BCUT2D eigenvalue weighted by atomic mass is 10.1. The Hall–Kier alpha value is -1.18. The van der Waals surface area contributed by atoms with E-state index in [4.69, 9.17) is 28.4 Å². The van der Waals surface area contributed by atoms with Gasteiger partial charge >= 0.3 is 6.18 Å². The molecule has 0 saturated heterocycles. The predicted octanol–water partition coefficient (Wildman–Crippen LogP) is 2.01. The van der Waals surface area contributed by atoms with Gasteiger partial charge in [0.2, 0.25) is 0 Å². The van der Waals surface area contributed by atoms with Crippen molar-refractivity contribution in [3.63, 3.8) is 0 Å². The molecular weight excluding hydrogens is 235 g/mol. The molecule has 4 nitrogen and oxygen atoms in total. The minimum absolute atomic E-state index is 0.0174. The van der Waals surface area contributed by atoms with E-state index in [1.54, 1.807) is 0 Å². The van der Waals surface area contributed by atoms with Crippen LogP contribution in [0.3, 0.4) is 0 Å². The highest BCUT2D eigenvalue weighted by Crippen LogP contribution is 2.37. The number of hydrogen-bond acceptors (Lipinski definition) is 4. The molecule has 1 aromatic rings. The van der Waals surface area contributed by atoms with E-state index in [-0.39, 0.29) is 15.9 Å². The summed E-state index contributed by atoms with van der Waals surface area (Å²) in [6.07, 6.45) is -4.58. The Kier molecular flexibility index (Phi) is 2.98. The molecule has 0 fully saturated rings. The molecule has 5 N–H and O–H groups in total. The number of nitrogen functional groups attached to an aromatic ring is 1. The number of nitrogens with two attached hydrogens (primary N) is 2. The number of hydrazine groups is 1. The lowest BCUT2D eigenvalue weighted by molar-refractivity contribution is -0.137. The van der Waals surface area contributed by atoms with E-state index < -0.39 is 17.4 Å². The summed E-state index contributed by atoms with van der Waals surface area (Å²) in [5.74, 6) is 4.88. The zero-order valence-electron chi connectivity index (χ0n) is 7.22. The van der Waals surface area contributed by atoms with Crippen molar-refractivity contribution < 1.29 is 18.4 Å². The molecule has 0 saturated carbocycles. The maximum atomic E-state index is 12.3. The molecule has 0 aliphatic carbocycles. The second kappa shape index (κ2) is 3.76. The first kappa shape index (κ1) is 11.9. The minimum atomic E-state index is -4.58. The maximum Gasteiger partial charge on any atom is 0.416 e. The van der Waals surface area contributed by atoms with Crippen molar-refractivity contribution in [1.29, 1.82) is 0 Å². The molecule has 0 spiro atoms. The van der Waals surface area contributed by atoms with Crippen LogP contribution >= 0.6 is 11.6 Å². The van der Waals surface area contributed by atoms with Gasteiger partial charge in [-0.2, -0.15) is 18.3 Å². The van der Waals surface area contributed by atoms with E-state index in [2.05, 4.69) is 0 Å². The van der Waals surface area contributed by atoms with Crippen molar-refractivity contribution in [3.8, 4) is 0 Å². The Labute approximate surface area is 87.8 Å². The van der Waals surface area contributed by atoms with Crippen molar-refractivity contribution >= 4 is 23.0 Å². The van der Waals surface area contributed by atoms with Crippen LogP contribution in [-0.2, 0) is 6.18 Å². The van der Waals surface area contributed by atoms with Crippen molar-refractivity contribution in [1.82, 2.24) is 0 Å².